The quantitative estimate of drug-likeness (QED) is 0.890. The van der Waals surface area contributed by atoms with Crippen LogP contribution < -0.4 is 5.73 Å². The summed E-state index contributed by atoms with van der Waals surface area (Å²) in [5.41, 5.74) is 5.27. The Labute approximate surface area is 113 Å². The fraction of sp³-hybridized carbons (Fsp3) is 0.333. The largest absolute Gasteiger partial charge is 0.449 e. The molecule has 0 aliphatic rings. The maximum Gasteiger partial charge on any atom is 0.404 e. The number of carbonyl (C=O) groups is 1. The lowest BCUT2D eigenvalue weighted by Gasteiger charge is -2.07. The molecule has 2 heterocycles. The van der Waals surface area contributed by atoms with Crippen molar-refractivity contribution in [3.05, 3.63) is 30.0 Å². The standard InChI is InChI=1S/C12H13FN4O3/c1-7(6-19-12(14)18)4-10-16-11(20-17-10)9-3-2-8(13)5-15-9/h2-3,5,7H,4,6H2,1H3,(H2,14,18)/t7-/m0/s1. The molecule has 0 radical (unpaired) electrons. The summed E-state index contributed by atoms with van der Waals surface area (Å²) < 4.78 is 22.5. The van der Waals surface area contributed by atoms with Crippen molar-refractivity contribution in [1.29, 1.82) is 0 Å². The Morgan fingerprint density at radius 3 is 3.00 bits per heavy atom. The highest BCUT2D eigenvalue weighted by Crippen LogP contribution is 2.15. The smallest absolute Gasteiger partial charge is 0.404 e. The van der Waals surface area contributed by atoms with Crippen LogP contribution in [0.25, 0.3) is 11.6 Å². The number of amides is 1. The summed E-state index contributed by atoms with van der Waals surface area (Å²) in [5.74, 6) is 0.217. The molecule has 0 saturated heterocycles. The zero-order valence-electron chi connectivity index (χ0n) is 10.7. The van der Waals surface area contributed by atoms with Gasteiger partial charge in [-0.3, -0.25) is 0 Å². The van der Waals surface area contributed by atoms with E-state index in [0.717, 1.165) is 6.20 Å². The van der Waals surface area contributed by atoms with E-state index in [-0.39, 0.29) is 18.4 Å². The first kappa shape index (κ1) is 13.9. The van der Waals surface area contributed by atoms with Gasteiger partial charge in [0.2, 0.25) is 0 Å². The van der Waals surface area contributed by atoms with Gasteiger partial charge in [0.1, 0.15) is 11.5 Å². The minimum Gasteiger partial charge on any atom is -0.449 e. The van der Waals surface area contributed by atoms with Crippen LogP contribution in [0, 0.1) is 11.7 Å². The van der Waals surface area contributed by atoms with Crippen molar-refractivity contribution < 1.29 is 18.4 Å². The average Bonchev–Trinajstić information content (AvgIpc) is 2.85. The van der Waals surface area contributed by atoms with Crippen LogP contribution >= 0.6 is 0 Å². The minimum absolute atomic E-state index is 0.00544. The molecule has 20 heavy (non-hydrogen) atoms. The van der Waals surface area contributed by atoms with Crippen LogP contribution in [0.3, 0.4) is 0 Å². The number of ether oxygens (including phenoxy) is 1. The number of pyridine rings is 1. The molecular formula is C12H13FN4O3. The van der Waals surface area contributed by atoms with Crippen molar-refractivity contribution in [2.24, 2.45) is 11.7 Å². The summed E-state index contributed by atoms with van der Waals surface area (Å²) >= 11 is 0. The highest BCUT2D eigenvalue weighted by molar-refractivity contribution is 5.64. The fourth-order valence-electron chi connectivity index (χ4n) is 1.54. The molecule has 7 nitrogen and oxygen atoms in total. The fourth-order valence-corrected chi connectivity index (χ4v) is 1.54. The Morgan fingerprint density at radius 2 is 2.35 bits per heavy atom. The van der Waals surface area contributed by atoms with Gasteiger partial charge < -0.3 is 15.0 Å². The molecule has 2 aromatic rings. The van der Waals surface area contributed by atoms with Crippen molar-refractivity contribution in [3.63, 3.8) is 0 Å². The Morgan fingerprint density at radius 1 is 1.55 bits per heavy atom. The van der Waals surface area contributed by atoms with Crippen molar-refractivity contribution in [3.8, 4) is 11.6 Å². The van der Waals surface area contributed by atoms with Crippen LogP contribution in [0.2, 0.25) is 0 Å². The molecule has 0 unspecified atom stereocenters. The molecule has 8 heteroatoms. The molecule has 1 atom stereocenters. The van der Waals surface area contributed by atoms with Crippen LogP contribution in [0.5, 0.6) is 0 Å². The zero-order chi connectivity index (χ0) is 14.5. The molecule has 0 fully saturated rings. The van der Waals surface area contributed by atoms with E-state index in [1.807, 2.05) is 6.92 Å². The molecule has 2 rings (SSSR count). The van der Waals surface area contributed by atoms with Crippen LogP contribution in [-0.2, 0) is 11.2 Å². The second-order valence-corrected chi connectivity index (χ2v) is 4.32. The Kier molecular flexibility index (Phi) is 4.24. The average molecular weight is 280 g/mol. The third-order valence-corrected chi connectivity index (χ3v) is 2.46. The van der Waals surface area contributed by atoms with Crippen LogP contribution in [0.1, 0.15) is 12.7 Å². The highest BCUT2D eigenvalue weighted by atomic mass is 19.1. The van der Waals surface area contributed by atoms with Crippen molar-refractivity contribution in [1.82, 2.24) is 15.1 Å². The molecule has 0 aliphatic carbocycles. The summed E-state index contributed by atoms with van der Waals surface area (Å²) in [5, 5.41) is 3.79. The molecule has 0 aromatic carbocycles. The molecule has 1 amide bonds. The van der Waals surface area contributed by atoms with Crippen molar-refractivity contribution >= 4 is 6.09 Å². The van der Waals surface area contributed by atoms with E-state index in [1.54, 1.807) is 0 Å². The first-order valence-electron chi connectivity index (χ1n) is 5.91. The number of nitrogens with two attached hydrogens (primary N) is 1. The lowest BCUT2D eigenvalue weighted by molar-refractivity contribution is 0.139. The van der Waals surface area contributed by atoms with Crippen molar-refractivity contribution in [2.75, 3.05) is 6.61 Å². The van der Waals surface area contributed by atoms with E-state index in [4.69, 9.17) is 10.3 Å². The van der Waals surface area contributed by atoms with Crippen LogP contribution in [-0.4, -0.2) is 27.8 Å². The molecule has 0 saturated carbocycles. The molecule has 0 aliphatic heterocycles. The molecule has 0 spiro atoms. The summed E-state index contributed by atoms with van der Waals surface area (Å²) in [4.78, 5) is 18.5. The first-order valence-corrected chi connectivity index (χ1v) is 5.91. The minimum atomic E-state index is -0.818. The van der Waals surface area contributed by atoms with E-state index >= 15 is 0 Å². The molecular weight excluding hydrogens is 267 g/mol. The predicted molar refractivity (Wildman–Crippen MR) is 65.9 cm³/mol. The number of rotatable bonds is 5. The number of carbonyl (C=O) groups excluding carboxylic acids is 1. The molecule has 0 bridgehead atoms. The zero-order valence-corrected chi connectivity index (χ0v) is 10.7. The van der Waals surface area contributed by atoms with Gasteiger partial charge in [-0.1, -0.05) is 12.1 Å². The van der Waals surface area contributed by atoms with Gasteiger partial charge in [0.15, 0.2) is 5.82 Å². The van der Waals surface area contributed by atoms with Gasteiger partial charge in [-0.25, -0.2) is 14.2 Å². The summed E-state index contributed by atoms with van der Waals surface area (Å²) in [7, 11) is 0. The van der Waals surface area contributed by atoms with Crippen LogP contribution in [0.15, 0.2) is 22.9 Å². The third-order valence-electron chi connectivity index (χ3n) is 2.46. The third kappa shape index (κ3) is 3.74. The second kappa shape index (κ2) is 6.09. The van der Waals surface area contributed by atoms with Crippen LogP contribution in [0.4, 0.5) is 9.18 Å². The Balaban J connectivity index is 1.98. The second-order valence-electron chi connectivity index (χ2n) is 4.32. The normalized spacial score (nSPS) is 12.1. The lowest BCUT2D eigenvalue weighted by atomic mass is 10.1. The van der Waals surface area contributed by atoms with Gasteiger partial charge >= 0.3 is 6.09 Å². The number of aromatic nitrogens is 3. The molecule has 106 valence electrons. The Hall–Kier alpha value is -2.51. The maximum absolute atomic E-state index is 12.7. The monoisotopic (exact) mass is 280 g/mol. The maximum atomic E-state index is 12.7. The number of nitrogens with zero attached hydrogens (tertiary/aromatic N) is 3. The number of halogens is 1. The highest BCUT2D eigenvalue weighted by Gasteiger charge is 2.14. The predicted octanol–water partition coefficient (Wildman–Crippen LogP) is 1.54. The molecule has 2 N–H and O–H groups in total. The number of hydrogen-bond acceptors (Lipinski definition) is 6. The van der Waals surface area contributed by atoms with Gasteiger partial charge in [-0.2, -0.15) is 4.98 Å². The first-order chi connectivity index (χ1) is 9.54. The Bertz CT molecular complexity index is 585. The van der Waals surface area contributed by atoms with Gasteiger partial charge in [0, 0.05) is 6.42 Å². The summed E-state index contributed by atoms with van der Waals surface area (Å²) in [6.45, 7) is 2.03. The van der Waals surface area contributed by atoms with E-state index in [0.29, 0.717) is 17.9 Å². The van der Waals surface area contributed by atoms with Crippen molar-refractivity contribution in [2.45, 2.75) is 13.3 Å². The topological polar surface area (TPSA) is 104 Å². The summed E-state index contributed by atoms with van der Waals surface area (Å²) in [6.07, 6.45) is 0.710. The van der Waals surface area contributed by atoms with E-state index in [2.05, 4.69) is 19.9 Å². The lowest BCUT2D eigenvalue weighted by Crippen LogP contribution is -2.18. The number of hydrogen-bond donors (Lipinski definition) is 1. The number of primary amides is 1. The SMILES string of the molecule is C[C@H](COC(N)=O)Cc1noc(-c2ccc(F)cn2)n1. The summed E-state index contributed by atoms with van der Waals surface area (Å²) in [6, 6.07) is 2.71. The van der Waals surface area contributed by atoms with Gasteiger partial charge in [-0.15, -0.1) is 0 Å². The molecule has 2 aromatic heterocycles. The van der Waals surface area contributed by atoms with Gasteiger partial charge in [0.25, 0.3) is 5.89 Å². The van der Waals surface area contributed by atoms with Gasteiger partial charge in [-0.05, 0) is 18.1 Å². The van der Waals surface area contributed by atoms with Gasteiger partial charge in [0.05, 0.1) is 12.8 Å². The van der Waals surface area contributed by atoms with E-state index in [1.165, 1.54) is 12.1 Å². The van der Waals surface area contributed by atoms with E-state index < -0.39 is 11.9 Å². The van der Waals surface area contributed by atoms with E-state index in [9.17, 15) is 9.18 Å².